The maximum absolute atomic E-state index is 12.2. The Morgan fingerprint density at radius 2 is 2.14 bits per heavy atom. The van der Waals surface area contributed by atoms with Crippen LogP contribution in [0.2, 0.25) is 0 Å². The first-order valence-corrected chi connectivity index (χ1v) is 7.25. The lowest BCUT2D eigenvalue weighted by Crippen LogP contribution is -2.44. The van der Waals surface area contributed by atoms with Gasteiger partial charge in [0.1, 0.15) is 5.75 Å². The van der Waals surface area contributed by atoms with E-state index in [0.29, 0.717) is 5.75 Å². The zero-order valence-corrected chi connectivity index (χ0v) is 12.5. The lowest BCUT2D eigenvalue weighted by atomic mass is 10.0. The minimum Gasteiger partial charge on any atom is -0.483 e. The summed E-state index contributed by atoms with van der Waals surface area (Å²) in [6.07, 6.45) is 3.25. The highest BCUT2D eigenvalue weighted by atomic mass is 16.5. The summed E-state index contributed by atoms with van der Waals surface area (Å²) in [5.41, 5.74) is 0.935. The lowest BCUT2D eigenvalue weighted by molar-refractivity contribution is -0.136. The van der Waals surface area contributed by atoms with Gasteiger partial charge in [0.15, 0.2) is 6.61 Å². The second-order valence-corrected chi connectivity index (χ2v) is 5.51. The average molecular weight is 291 g/mol. The SMILES string of the molecule is Cc1cc(C(=O)O)ccc1OCC(=O)N1CCCCC1C. The van der Waals surface area contributed by atoms with E-state index in [1.807, 2.05) is 4.90 Å². The summed E-state index contributed by atoms with van der Waals surface area (Å²) in [6, 6.07) is 4.90. The Morgan fingerprint density at radius 3 is 2.76 bits per heavy atom. The number of nitrogens with zero attached hydrogens (tertiary/aromatic N) is 1. The first-order chi connectivity index (χ1) is 9.99. The number of carbonyl (C=O) groups is 2. The molecule has 21 heavy (non-hydrogen) atoms. The quantitative estimate of drug-likeness (QED) is 0.925. The zero-order valence-electron chi connectivity index (χ0n) is 12.5. The number of rotatable bonds is 4. The lowest BCUT2D eigenvalue weighted by Gasteiger charge is -2.33. The molecule has 2 rings (SSSR count). The molecule has 0 spiro atoms. The van der Waals surface area contributed by atoms with Gasteiger partial charge in [-0.25, -0.2) is 4.79 Å². The van der Waals surface area contributed by atoms with Crippen LogP contribution < -0.4 is 4.74 Å². The molecule has 1 heterocycles. The fourth-order valence-electron chi connectivity index (χ4n) is 2.64. The van der Waals surface area contributed by atoms with Crippen LogP contribution in [0.25, 0.3) is 0 Å². The van der Waals surface area contributed by atoms with Crippen molar-refractivity contribution in [3.05, 3.63) is 29.3 Å². The number of likely N-dealkylation sites (tertiary alicyclic amines) is 1. The highest BCUT2D eigenvalue weighted by Gasteiger charge is 2.23. The standard InChI is InChI=1S/C16H21NO4/c1-11-9-13(16(19)20)6-7-14(11)21-10-15(18)17-8-4-3-5-12(17)2/h6-7,9,12H,3-5,8,10H2,1-2H3,(H,19,20). The van der Waals surface area contributed by atoms with E-state index in [-0.39, 0.29) is 24.1 Å². The van der Waals surface area contributed by atoms with Gasteiger partial charge in [0.2, 0.25) is 0 Å². The van der Waals surface area contributed by atoms with Gasteiger partial charge >= 0.3 is 5.97 Å². The van der Waals surface area contributed by atoms with Gasteiger partial charge in [-0.3, -0.25) is 4.79 Å². The number of benzene rings is 1. The summed E-state index contributed by atoms with van der Waals surface area (Å²) in [5.74, 6) is -0.426. The third-order valence-corrected chi connectivity index (χ3v) is 3.90. The average Bonchev–Trinajstić information content (AvgIpc) is 2.46. The van der Waals surface area contributed by atoms with Crippen molar-refractivity contribution in [1.29, 1.82) is 0 Å². The monoisotopic (exact) mass is 291 g/mol. The molecule has 1 unspecified atom stereocenters. The number of carbonyl (C=O) groups excluding carboxylic acids is 1. The number of carboxylic acids is 1. The molecule has 114 valence electrons. The second-order valence-electron chi connectivity index (χ2n) is 5.51. The van der Waals surface area contributed by atoms with Gasteiger partial charge in [0, 0.05) is 12.6 Å². The molecule has 1 amide bonds. The van der Waals surface area contributed by atoms with Gasteiger partial charge in [-0.1, -0.05) is 0 Å². The molecule has 1 aliphatic rings. The molecule has 0 aliphatic carbocycles. The molecule has 0 aromatic heterocycles. The molecule has 0 radical (unpaired) electrons. The molecule has 5 heteroatoms. The minimum absolute atomic E-state index is 0.00238. The van der Waals surface area contributed by atoms with Crippen molar-refractivity contribution >= 4 is 11.9 Å². The number of aromatic carboxylic acids is 1. The fourth-order valence-corrected chi connectivity index (χ4v) is 2.64. The zero-order chi connectivity index (χ0) is 15.4. The van der Waals surface area contributed by atoms with Gasteiger partial charge in [-0.05, 0) is 56.9 Å². The molecule has 0 saturated carbocycles. The fraction of sp³-hybridized carbons (Fsp3) is 0.500. The maximum Gasteiger partial charge on any atom is 0.335 e. The van der Waals surface area contributed by atoms with E-state index >= 15 is 0 Å². The molecule has 0 bridgehead atoms. The molecule has 5 nitrogen and oxygen atoms in total. The van der Waals surface area contributed by atoms with Crippen molar-refractivity contribution in [3.8, 4) is 5.75 Å². The summed E-state index contributed by atoms with van der Waals surface area (Å²) >= 11 is 0. The third-order valence-electron chi connectivity index (χ3n) is 3.90. The van der Waals surface area contributed by atoms with Gasteiger partial charge < -0.3 is 14.7 Å². The molecule has 1 aliphatic heterocycles. The van der Waals surface area contributed by atoms with Gasteiger partial charge in [-0.2, -0.15) is 0 Å². The van der Waals surface area contributed by atoms with Crippen LogP contribution >= 0.6 is 0 Å². The summed E-state index contributed by atoms with van der Waals surface area (Å²) in [6.45, 7) is 4.62. The van der Waals surface area contributed by atoms with Crippen molar-refractivity contribution in [2.75, 3.05) is 13.2 Å². The van der Waals surface area contributed by atoms with Crippen LogP contribution in [0.3, 0.4) is 0 Å². The van der Waals surface area contributed by atoms with Crippen LogP contribution in [-0.4, -0.2) is 41.1 Å². The van der Waals surface area contributed by atoms with E-state index in [4.69, 9.17) is 9.84 Å². The first-order valence-electron chi connectivity index (χ1n) is 7.25. The normalized spacial score (nSPS) is 18.4. The van der Waals surface area contributed by atoms with Crippen LogP contribution in [0, 0.1) is 6.92 Å². The Balaban J connectivity index is 1.96. The van der Waals surface area contributed by atoms with Gasteiger partial charge in [-0.15, -0.1) is 0 Å². The molecular formula is C16H21NO4. The van der Waals surface area contributed by atoms with Gasteiger partial charge in [0.05, 0.1) is 5.56 Å². The summed E-state index contributed by atoms with van der Waals surface area (Å²) in [4.78, 5) is 24.9. The molecule has 1 saturated heterocycles. The van der Waals surface area contributed by atoms with E-state index in [2.05, 4.69) is 6.92 Å². The van der Waals surface area contributed by atoms with Crippen molar-refractivity contribution in [1.82, 2.24) is 4.90 Å². The molecule has 1 N–H and O–H groups in total. The van der Waals surface area contributed by atoms with Crippen molar-refractivity contribution in [3.63, 3.8) is 0 Å². The smallest absolute Gasteiger partial charge is 0.335 e. The van der Waals surface area contributed by atoms with E-state index in [1.165, 1.54) is 12.5 Å². The topological polar surface area (TPSA) is 66.8 Å². The summed E-state index contributed by atoms with van der Waals surface area (Å²) < 4.78 is 5.55. The predicted molar refractivity (Wildman–Crippen MR) is 78.7 cm³/mol. The number of hydrogen-bond donors (Lipinski definition) is 1. The highest BCUT2D eigenvalue weighted by molar-refractivity contribution is 5.88. The minimum atomic E-state index is -0.970. The maximum atomic E-state index is 12.2. The van der Waals surface area contributed by atoms with Crippen molar-refractivity contribution in [2.24, 2.45) is 0 Å². The molecule has 1 atom stereocenters. The van der Waals surface area contributed by atoms with E-state index in [0.717, 1.165) is 24.9 Å². The Kier molecular flexibility index (Phi) is 4.83. The molecule has 1 aromatic carbocycles. The van der Waals surface area contributed by atoms with Crippen LogP contribution in [0.4, 0.5) is 0 Å². The molecule has 1 fully saturated rings. The number of piperidine rings is 1. The predicted octanol–water partition coefficient (Wildman–Crippen LogP) is 2.47. The number of hydrogen-bond acceptors (Lipinski definition) is 3. The Hall–Kier alpha value is -2.04. The Labute approximate surface area is 124 Å². The Morgan fingerprint density at radius 1 is 1.38 bits per heavy atom. The van der Waals surface area contributed by atoms with Crippen molar-refractivity contribution < 1.29 is 19.4 Å². The van der Waals surface area contributed by atoms with Crippen LogP contribution in [0.1, 0.15) is 42.1 Å². The van der Waals surface area contributed by atoms with Crippen LogP contribution in [-0.2, 0) is 4.79 Å². The first kappa shape index (κ1) is 15.4. The second kappa shape index (κ2) is 6.61. The number of carboxylic acid groups (broad SMARTS) is 1. The van der Waals surface area contributed by atoms with Crippen LogP contribution in [0.5, 0.6) is 5.75 Å². The number of amides is 1. The van der Waals surface area contributed by atoms with E-state index in [9.17, 15) is 9.59 Å². The highest BCUT2D eigenvalue weighted by Crippen LogP contribution is 2.20. The van der Waals surface area contributed by atoms with E-state index in [1.54, 1.807) is 19.1 Å². The Bertz CT molecular complexity index is 541. The number of aryl methyl sites for hydroxylation is 1. The molecule has 1 aromatic rings. The van der Waals surface area contributed by atoms with E-state index < -0.39 is 5.97 Å². The summed E-state index contributed by atoms with van der Waals surface area (Å²) in [7, 11) is 0. The largest absolute Gasteiger partial charge is 0.483 e. The number of ether oxygens (including phenoxy) is 1. The third kappa shape index (κ3) is 3.74. The van der Waals surface area contributed by atoms with Crippen molar-refractivity contribution in [2.45, 2.75) is 39.2 Å². The van der Waals surface area contributed by atoms with Gasteiger partial charge in [0.25, 0.3) is 5.91 Å². The molecular weight excluding hydrogens is 270 g/mol. The van der Waals surface area contributed by atoms with Crippen LogP contribution in [0.15, 0.2) is 18.2 Å². The summed E-state index contributed by atoms with van der Waals surface area (Å²) in [5, 5.41) is 8.92.